The second-order valence-corrected chi connectivity index (χ2v) is 10.3. The zero-order valence-electron chi connectivity index (χ0n) is 15.5. The molecular weight excluding hydrogens is 410 g/mol. The van der Waals surface area contributed by atoms with Crippen molar-refractivity contribution in [1.29, 1.82) is 0 Å². The topological polar surface area (TPSA) is 58.6 Å². The van der Waals surface area contributed by atoms with Crippen molar-refractivity contribution in [2.45, 2.75) is 34.7 Å². The molecule has 1 fully saturated rings. The molecule has 1 aliphatic rings. The number of hydrogen-bond acceptors (Lipinski definition) is 6. The van der Waals surface area contributed by atoms with E-state index in [1.165, 1.54) is 0 Å². The standard InChI is InChI=1S/C21H25NO3S3/c23-19(20-26-12-7-13-27-20)18(15-28-17-10-5-2-6-11-17)22-21(24)25-14-16-8-3-1-4-9-16/h1-6,8-11,18-20,23H,7,12-15H2,(H,22,24)/t18-,19-/m0/s1. The number of aliphatic hydroxyl groups is 1. The molecule has 3 rings (SSSR count). The monoisotopic (exact) mass is 435 g/mol. The molecule has 0 bridgehead atoms. The molecule has 1 saturated heterocycles. The average molecular weight is 436 g/mol. The molecule has 0 spiro atoms. The minimum absolute atomic E-state index is 0.0737. The number of carbonyl (C=O) groups excluding carboxylic acids is 1. The Kier molecular flexibility index (Phi) is 8.92. The van der Waals surface area contributed by atoms with Gasteiger partial charge in [-0.3, -0.25) is 0 Å². The zero-order chi connectivity index (χ0) is 19.6. The summed E-state index contributed by atoms with van der Waals surface area (Å²) in [7, 11) is 0. The molecule has 1 amide bonds. The van der Waals surface area contributed by atoms with E-state index in [-0.39, 0.29) is 17.2 Å². The number of hydrogen-bond donors (Lipinski definition) is 2. The van der Waals surface area contributed by atoms with Crippen LogP contribution in [0.15, 0.2) is 65.6 Å². The fourth-order valence-corrected chi connectivity index (χ4v) is 6.74. The van der Waals surface area contributed by atoms with Crippen LogP contribution in [0.5, 0.6) is 0 Å². The second-order valence-electron chi connectivity index (χ2n) is 6.39. The largest absolute Gasteiger partial charge is 0.445 e. The first-order valence-electron chi connectivity index (χ1n) is 9.29. The van der Waals surface area contributed by atoms with Crippen LogP contribution < -0.4 is 5.32 Å². The van der Waals surface area contributed by atoms with Gasteiger partial charge in [0.25, 0.3) is 0 Å². The molecule has 28 heavy (non-hydrogen) atoms. The Labute approximate surface area is 179 Å². The molecule has 4 nitrogen and oxygen atoms in total. The summed E-state index contributed by atoms with van der Waals surface area (Å²) < 4.78 is 5.44. The number of ether oxygens (including phenoxy) is 1. The highest BCUT2D eigenvalue weighted by atomic mass is 32.2. The number of thioether (sulfide) groups is 3. The van der Waals surface area contributed by atoms with E-state index in [1.54, 1.807) is 35.3 Å². The summed E-state index contributed by atoms with van der Waals surface area (Å²) in [6, 6.07) is 19.2. The van der Waals surface area contributed by atoms with E-state index >= 15 is 0 Å². The highest BCUT2D eigenvalue weighted by Gasteiger charge is 2.31. The van der Waals surface area contributed by atoms with Crippen LogP contribution in [0.1, 0.15) is 12.0 Å². The molecule has 150 valence electrons. The lowest BCUT2D eigenvalue weighted by Crippen LogP contribution is -2.49. The van der Waals surface area contributed by atoms with Gasteiger partial charge in [0.1, 0.15) is 6.61 Å². The highest BCUT2D eigenvalue weighted by molar-refractivity contribution is 8.17. The van der Waals surface area contributed by atoms with Gasteiger partial charge < -0.3 is 15.2 Å². The quantitative estimate of drug-likeness (QED) is 0.590. The van der Waals surface area contributed by atoms with E-state index in [0.717, 1.165) is 28.4 Å². The van der Waals surface area contributed by atoms with Gasteiger partial charge in [0.2, 0.25) is 0 Å². The first-order valence-corrected chi connectivity index (χ1v) is 12.4. The summed E-state index contributed by atoms with van der Waals surface area (Å²) >= 11 is 5.17. The Morgan fingerprint density at radius 1 is 1.11 bits per heavy atom. The smallest absolute Gasteiger partial charge is 0.407 e. The first kappa shape index (κ1) is 21.4. The lowest BCUT2D eigenvalue weighted by molar-refractivity contribution is 0.113. The van der Waals surface area contributed by atoms with Gasteiger partial charge in [-0.2, -0.15) is 0 Å². The number of nitrogens with one attached hydrogen (secondary N) is 1. The average Bonchev–Trinajstić information content (AvgIpc) is 2.76. The van der Waals surface area contributed by atoms with E-state index < -0.39 is 12.2 Å². The van der Waals surface area contributed by atoms with Crippen LogP contribution in [0.4, 0.5) is 4.79 Å². The van der Waals surface area contributed by atoms with E-state index in [1.807, 2.05) is 60.7 Å². The van der Waals surface area contributed by atoms with E-state index in [0.29, 0.717) is 5.75 Å². The number of alkyl carbamates (subject to hydrolysis) is 1. The molecule has 2 atom stereocenters. The molecule has 2 aromatic carbocycles. The maximum absolute atomic E-state index is 12.4. The summed E-state index contributed by atoms with van der Waals surface area (Å²) in [5.74, 6) is 2.68. The predicted octanol–water partition coefficient (Wildman–Crippen LogP) is 4.63. The molecule has 0 unspecified atom stereocenters. The van der Waals surface area contributed by atoms with Crippen molar-refractivity contribution in [2.75, 3.05) is 17.3 Å². The molecule has 1 aliphatic heterocycles. The first-order chi connectivity index (χ1) is 13.7. The fraction of sp³-hybridized carbons (Fsp3) is 0.381. The molecule has 0 aliphatic carbocycles. The van der Waals surface area contributed by atoms with Crippen molar-refractivity contribution in [3.8, 4) is 0 Å². The van der Waals surface area contributed by atoms with E-state index in [9.17, 15) is 9.90 Å². The van der Waals surface area contributed by atoms with Crippen molar-refractivity contribution in [1.82, 2.24) is 5.32 Å². The summed E-state index contributed by atoms with van der Waals surface area (Å²) in [5, 5.41) is 13.8. The number of rotatable bonds is 8. The highest BCUT2D eigenvalue weighted by Crippen LogP contribution is 2.35. The van der Waals surface area contributed by atoms with Gasteiger partial charge in [-0.05, 0) is 35.6 Å². The Balaban J connectivity index is 1.58. The predicted molar refractivity (Wildman–Crippen MR) is 120 cm³/mol. The Morgan fingerprint density at radius 3 is 2.43 bits per heavy atom. The lowest BCUT2D eigenvalue weighted by Gasteiger charge is -2.31. The zero-order valence-corrected chi connectivity index (χ0v) is 18.0. The Bertz CT molecular complexity index is 711. The molecule has 2 N–H and O–H groups in total. The van der Waals surface area contributed by atoms with Gasteiger partial charge >= 0.3 is 6.09 Å². The third-order valence-electron chi connectivity index (χ3n) is 4.23. The third kappa shape index (κ3) is 6.95. The number of aliphatic hydroxyl groups excluding tert-OH is 1. The maximum Gasteiger partial charge on any atom is 0.407 e. The van der Waals surface area contributed by atoms with Crippen LogP contribution in [0.25, 0.3) is 0 Å². The third-order valence-corrected chi connectivity index (χ3v) is 8.44. The van der Waals surface area contributed by atoms with Crippen LogP contribution in [0.3, 0.4) is 0 Å². The van der Waals surface area contributed by atoms with Crippen molar-refractivity contribution < 1.29 is 14.6 Å². The van der Waals surface area contributed by atoms with E-state index in [2.05, 4.69) is 5.32 Å². The van der Waals surface area contributed by atoms with Gasteiger partial charge in [-0.15, -0.1) is 35.3 Å². The maximum atomic E-state index is 12.4. The number of benzene rings is 2. The van der Waals surface area contributed by atoms with Crippen molar-refractivity contribution >= 4 is 41.4 Å². The molecule has 0 saturated carbocycles. The van der Waals surface area contributed by atoms with Gasteiger partial charge in [0.15, 0.2) is 0 Å². The minimum atomic E-state index is -0.629. The Hall–Kier alpha value is -1.28. The molecular formula is C21H25NO3S3. The molecule has 7 heteroatoms. The number of amides is 1. The summed E-state index contributed by atoms with van der Waals surface area (Å²) in [5.41, 5.74) is 0.937. The minimum Gasteiger partial charge on any atom is -0.445 e. The SMILES string of the molecule is O=C(N[C@@H](CSc1ccccc1)[C@H](O)C1SCCCS1)OCc1ccccc1. The van der Waals surface area contributed by atoms with Crippen LogP contribution in [0, 0.1) is 0 Å². The second kappa shape index (κ2) is 11.7. The van der Waals surface area contributed by atoms with Gasteiger partial charge in [-0.1, -0.05) is 48.5 Å². The number of carbonyl (C=O) groups is 1. The van der Waals surface area contributed by atoms with Crippen LogP contribution in [-0.2, 0) is 11.3 Å². The van der Waals surface area contributed by atoms with Crippen LogP contribution in [-0.4, -0.2) is 45.2 Å². The summed E-state index contributed by atoms with van der Waals surface area (Å²) in [6.45, 7) is 0.217. The van der Waals surface area contributed by atoms with Gasteiger partial charge in [-0.25, -0.2) is 4.79 Å². The van der Waals surface area contributed by atoms with Crippen molar-refractivity contribution in [3.63, 3.8) is 0 Å². The normalized spacial score (nSPS) is 16.9. The van der Waals surface area contributed by atoms with Gasteiger partial charge in [0, 0.05) is 10.6 Å². The van der Waals surface area contributed by atoms with Crippen molar-refractivity contribution in [2.24, 2.45) is 0 Å². The van der Waals surface area contributed by atoms with Crippen molar-refractivity contribution in [3.05, 3.63) is 66.2 Å². The molecule has 2 aromatic rings. The molecule has 0 radical (unpaired) electrons. The van der Waals surface area contributed by atoms with E-state index in [4.69, 9.17) is 4.74 Å². The summed E-state index contributed by atoms with van der Waals surface area (Å²) in [6.07, 6.45) is 0.0392. The molecule has 0 aromatic heterocycles. The molecule has 1 heterocycles. The lowest BCUT2D eigenvalue weighted by atomic mass is 10.2. The van der Waals surface area contributed by atoms with Crippen LogP contribution in [0.2, 0.25) is 0 Å². The fourth-order valence-electron chi connectivity index (χ4n) is 2.74. The van der Waals surface area contributed by atoms with Gasteiger partial charge in [0.05, 0.1) is 16.7 Å². The van der Waals surface area contributed by atoms with Crippen LogP contribution >= 0.6 is 35.3 Å². The Morgan fingerprint density at radius 2 is 1.75 bits per heavy atom. The summed E-state index contributed by atoms with van der Waals surface area (Å²) in [4.78, 5) is 13.5.